The van der Waals surface area contributed by atoms with E-state index in [9.17, 15) is 9.59 Å². The minimum absolute atomic E-state index is 0.0814. The van der Waals surface area contributed by atoms with E-state index in [2.05, 4.69) is 16.0 Å². The Balaban J connectivity index is 1.78. The molecule has 1 heterocycles. The molecule has 0 aromatic heterocycles. The molecule has 9 nitrogen and oxygen atoms in total. The summed E-state index contributed by atoms with van der Waals surface area (Å²) in [7, 11) is 0. The molecule has 1 saturated heterocycles. The normalized spacial score (nSPS) is 18.5. The van der Waals surface area contributed by atoms with Crippen molar-refractivity contribution >= 4 is 11.9 Å². The van der Waals surface area contributed by atoms with Gasteiger partial charge in [-0.2, -0.15) is 0 Å². The Kier molecular flexibility index (Phi) is 15.4. The molecule has 0 radical (unpaired) electrons. The van der Waals surface area contributed by atoms with E-state index < -0.39 is 0 Å². The Morgan fingerprint density at radius 1 is 0.931 bits per heavy atom. The maximum Gasteiger partial charge on any atom is 0.315 e. The zero-order valence-electron chi connectivity index (χ0n) is 17.9. The van der Waals surface area contributed by atoms with E-state index in [1.54, 1.807) is 0 Å². The van der Waals surface area contributed by atoms with Crippen LogP contribution in [-0.2, 0) is 19.0 Å². The maximum atomic E-state index is 11.8. The predicted molar refractivity (Wildman–Crippen MR) is 112 cm³/mol. The first kappa shape index (κ1) is 25.6. The smallest absolute Gasteiger partial charge is 0.315 e. The Bertz CT molecular complexity index is 439. The van der Waals surface area contributed by atoms with Gasteiger partial charge in [0.05, 0.1) is 32.5 Å². The van der Waals surface area contributed by atoms with Gasteiger partial charge in [-0.25, -0.2) is 4.79 Å². The summed E-state index contributed by atoms with van der Waals surface area (Å²) in [4.78, 5) is 23.0. The molecule has 0 spiro atoms. The van der Waals surface area contributed by atoms with Crippen LogP contribution in [0.5, 0.6) is 0 Å². The number of unbranched alkanes of at least 4 members (excludes halogenated alkanes) is 2. The van der Waals surface area contributed by atoms with Crippen LogP contribution in [0.15, 0.2) is 0 Å². The molecule has 170 valence electrons. The maximum absolute atomic E-state index is 11.8. The topological polar surface area (TPSA) is 124 Å². The molecule has 1 aliphatic heterocycles. The summed E-state index contributed by atoms with van der Waals surface area (Å²) in [5, 5.41) is 8.68. The van der Waals surface area contributed by atoms with Crippen molar-refractivity contribution < 1.29 is 23.8 Å². The van der Waals surface area contributed by atoms with E-state index >= 15 is 0 Å². The number of ether oxygens (including phenoxy) is 3. The highest BCUT2D eigenvalue weighted by molar-refractivity contribution is 5.77. The minimum Gasteiger partial charge on any atom is -0.379 e. The van der Waals surface area contributed by atoms with Crippen LogP contribution in [-0.4, -0.2) is 76.8 Å². The summed E-state index contributed by atoms with van der Waals surface area (Å²) < 4.78 is 16.2. The van der Waals surface area contributed by atoms with Crippen molar-refractivity contribution in [2.24, 2.45) is 5.73 Å². The Morgan fingerprint density at radius 3 is 2.21 bits per heavy atom. The number of nitrogens with one attached hydrogen (secondary N) is 3. The molecule has 0 bridgehead atoms. The van der Waals surface area contributed by atoms with Crippen LogP contribution in [0.4, 0.5) is 4.79 Å². The van der Waals surface area contributed by atoms with Crippen LogP contribution < -0.4 is 21.7 Å². The molecule has 9 heteroatoms. The number of hydrogen-bond donors (Lipinski definition) is 4. The third-order valence-corrected chi connectivity index (χ3v) is 4.72. The predicted octanol–water partition coefficient (Wildman–Crippen LogP) is 0.912. The number of carbonyl (C=O) groups excluding carboxylic acids is 2. The van der Waals surface area contributed by atoms with E-state index in [1.807, 2.05) is 6.92 Å². The Hall–Kier alpha value is -1.42. The molecule has 1 fully saturated rings. The van der Waals surface area contributed by atoms with Crippen LogP contribution in [0.3, 0.4) is 0 Å². The van der Waals surface area contributed by atoms with Gasteiger partial charge in [0.15, 0.2) is 0 Å². The fraction of sp³-hybridized carbons (Fsp3) is 0.900. The molecular formula is C20H40N4O5. The molecule has 29 heavy (non-hydrogen) atoms. The Labute approximate surface area is 174 Å². The van der Waals surface area contributed by atoms with E-state index in [-0.39, 0.29) is 24.0 Å². The second-order valence-corrected chi connectivity index (χ2v) is 7.30. The molecule has 0 aromatic rings. The lowest BCUT2D eigenvalue weighted by Crippen LogP contribution is -2.30. The van der Waals surface area contributed by atoms with Crippen LogP contribution in [0.1, 0.15) is 51.9 Å². The van der Waals surface area contributed by atoms with E-state index in [4.69, 9.17) is 19.9 Å². The largest absolute Gasteiger partial charge is 0.379 e. The van der Waals surface area contributed by atoms with Gasteiger partial charge < -0.3 is 35.9 Å². The van der Waals surface area contributed by atoms with Crippen LogP contribution >= 0.6 is 0 Å². The lowest BCUT2D eigenvalue weighted by molar-refractivity contribution is -0.121. The molecule has 0 aliphatic carbocycles. The first-order chi connectivity index (χ1) is 14.1. The summed E-state index contributed by atoms with van der Waals surface area (Å²) in [6, 6.07) is 0.304. The van der Waals surface area contributed by atoms with E-state index in [0.717, 1.165) is 38.5 Å². The van der Waals surface area contributed by atoms with Gasteiger partial charge in [-0.3, -0.25) is 4.79 Å². The second-order valence-electron chi connectivity index (χ2n) is 7.30. The van der Waals surface area contributed by atoms with Gasteiger partial charge in [0, 0.05) is 32.2 Å². The lowest BCUT2D eigenvalue weighted by Gasteiger charge is -2.13. The van der Waals surface area contributed by atoms with E-state index in [0.29, 0.717) is 59.2 Å². The van der Waals surface area contributed by atoms with Crippen molar-refractivity contribution in [3.05, 3.63) is 0 Å². The standard InChI is InChI=1S/C20H40N4O5/c1-17-18(24-20(26)23-17)7-3-2-4-8-19(25)22-10-6-12-28-14-16-29-15-13-27-11-5-9-21/h17-18H,2-16,21H2,1H3,(H,22,25)(H2,23,24,26)/t17-,18+/m0/s1. The first-order valence-electron chi connectivity index (χ1n) is 10.9. The van der Waals surface area contributed by atoms with Gasteiger partial charge >= 0.3 is 6.03 Å². The fourth-order valence-corrected chi connectivity index (χ4v) is 3.01. The molecule has 0 unspecified atom stereocenters. The highest BCUT2D eigenvalue weighted by atomic mass is 16.5. The van der Waals surface area contributed by atoms with Gasteiger partial charge in [0.2, 0.25) is 5.91 Å². The van der Waals surface area contributed by atoms with E-state index in [1.165, 1.54) is 0 Å². The van der Waals surface area contributed by atoms with Crippen molar-refractivity contribution in [3.8, 4) is 0 Å². The van der Waals surface area contributed by atoms with Crippen LogP contribution in [0, 0.1) is 0 Å². The average molecular weight is 417 g/mol. The van der Waals surface area contributed by atoms with Crippen molar-refractivity contribution in [2.45, 2.75) is 64.0 Å². The van der Waals surface area contributed by atoms with Crippen LogP contribution in [0.25, 0.3) is 0 Å². The second kappa shape index (κ2) is 17.4. The highest BCUT2D eigenvalue weighted by Gasteiger charge is 2.26. The number of carbonyl (C=O) groups is 2. The third-order valence-electron chi connectivity index (χ3n) is 4.72. The summed E-state index contributed by atoms with van der Waals surface area (Å²) in [5.74, 6) is 0.0900. The average Bonchev–Trinajstić information content (AvgIpc) is 3.02. The van der Waals surface area contributed by atoms with Gasteiger partial charge in [-0.05, 0) is 39.2 Å². The molecular weight excluding hydrogens is 376 g/mol. The molecule has 0 saturated carbocycles. The minimum atomic E-state index is -0.0814. The first-order valence-corrected chi connectivity index (χ1v) is 10.9. The zero-order chi connectivity index (χ0) is 21.2. The molecule has 0 aromatic carbocycles. The number of rotatable bonds is 19. The number of amides is 3. The summed E-state index contributed by atoms with van der Waals surface area (Å²) >= 11 is 0. The van der Waals surface area contributed by atoms with Crippen molar-refractivity contribution in [1.82, 2.24) is 16.0 Å². The third kappa shape index (κ3) is 14.2. The molecule has 2 atom stereocenters. The van der Waals surface area contributed by atoms with Gasteiger partial charge in [-0.1, -0.05) is 12.8 Å². The molecule has 1 aliphatic rings. The van der Waals surface area contributed by atoms with Crippen molar-refractivity contribution in [2.75, 3.05) is 52.7 Å². The molecule has 5 N–H and O–H groups in total. The quantitative estimate of drug-likeness (QED) is 0.232. The summed E-state index contributed by atoms with van der Waals surface area (Å²) in [5.41, 5.74) is 5.37. The SMILES string of the molecule is C[C@@H]1NC(=O)N[C@@H]1CCCCCC(=O)NCCCOCCOCCOCCCN. The van der Waals surface area contributed by atoms with Gasteiger partial charge in [0.1, 0.15) is 0 Å². The Morgan fingerprint density at radius 2 is 1.59 bits per heavy atom. The lowest BCUT2D eigenvalue weighted by atomic mass is 10.0. The summed E-state index contributed by atoms with van der Waals surface area (Å²) in [6.45, 7) is 6.82. The molecule has 3 amide bonds. The zero-order valence-corrected chi connectivity index (χ0v) is 17.9. The monoisotopic (exact) mass is 416 g/mol. The molecule has 1 rings (SSSR count). The van der Waals surface area contributed by atoms with Crippen molar-refractivity contribution in [1.29, 1.82) is 0 Å². The summed E-state index contributed by atoms with van der Waals surface area (Å²) in [6.07, 6.45) is 6.04. The fourth-order valence-electron chi connectivity index (χ4n) is 3.01. The number of urea groups is 1. The highest BCUT2D eigenvalue weighted by Crippen LogP contribution is 2.11. The van der Waals surface area contributed by atoms with Gasteiger partial charge in [0.25, 0.3) is 0 Å². The number of nitrogens with two attached hydrogens (primary N) is 1. The van der Waals surface area contributed by atoms with Crippen LogP contribution in [0.2, 0.25) is 0 Å². The van der Waals surface area contributed by atoms with Crippen molar-refractivity contribution in [3.63, 3.8) is 0 Å². The van der Waals surface area contributed by atoms with Gasteiger partial charge in [-0.15, -0.1) is 0 Å². The number of hydrogen-bond acceptors (Lipinski definition) is 6.